The van der Waals surface area contributed by atoms with Crippen molar-refractivity contribution >= 4 is 17.5 Å². The first-order valence-corrected chi connectivity index (χ1v) is 5.20. The van der Waals surface area contributed by atoms with Crippen molar-refractivity contribution in [2.75, 3.05) is 0 Å². The summed E-state index contributed by atoms with van der Waals surface area (Å²) in [6.45, 7) is 3.71. The molecule has 1 amide bonds. The van der Waals surface area contributed by atoms with Crippen LogP contribution in [0.2, 0.25) is 5.02 Å². The van der Waals surface area contributed by atoms with E-state index in [1.807, 2.05) is 31.2 Å². The van der Waals surface area contributed by atoms with E-state index >= 15 is 0 Å². The van der Waals surface area contributed by atoms with Crippen molar-refractivity contribution in [3.05, 3.63) is 47.0 Å². The fourth-order valence-electron chi connectivity index (χ4n) is 1.32. The molecule has 0 aromatic heterocycles. The molecule has 0 bridgehead atoms. The average Bonchev–Trinajstić information content (AvgIpc) is 2.18. The minimum Gasteiger partial charge on any atom is -0.346 e. The number of rotatable bonds is 3. The van der Waals surface area contributed by atoms with Crippen LogP contribution in [0.3, 0.4) is 0 Å². The van der Waals surface area contributed by atoms with Crippen LogP contribution < -0.4 is 5.32 Å². The Morgan fingerprint density at radius 1 is 1.47 bits per heavy atom. The summed E-state index contributed by atoms with van der Waals surface area (Å²) in [6, 6.07) is 7.41. The van der Waals surface area contributed by atoms with Gasteiger partial charge in [0, 0.05) is 5.02 Å². The second kappa shape index (κ2) is 5.56. The predicted molar refractivity (Wildman–Crippen MR) is 62.8 cm³/mol. The number of amides is 1. The van der Waals surface area contributed by atoms with E-state index in [4.69, 9.17) is 11.6 Å². The molecular weight excluding hydrogens is 210 g/mol. The van der Waals surface area contributed by atoms with Gasteiger partial charge in [0.2, 0.25) is 5.91 Å². The number of allylic oxidation sites excluding steroid dienone is 1. The minimum absolute atomic E-state index is 0.0811. The summed E-state index contributed by atoms with van der Waals surface area (Å²) >= 11 is 6.01. The lowest BCUT2D eigenvalue weighted by Gasteiger charge is -2.14. The van der Waals surface area contributed by atoms with E-state index < -0.39 is 0 Å². The van der Waals surface area contributed by atoms with Gasteiger partial charge in [0.25, 0.3) is 0 Å². The van der Waals surface area contributed by atoms with Crippen molar-refractivity contribution in [1.82, 2.24) is 5.32 Å². The van der Waals surface area contributed by atoms with Crippen molar-refractivity contribution in [2.45, 2.75) is 19.9 Å². The van der Waals surface area contributed by atoms with Crippen molar-refractivity contribution < 1.29 is 4.79 Å². The van der Waals surface area contributed by atoms with Crippen molar-refractivity contribution in [2.24, 2.45) is 0 Å². The molecular formula is C12H14ClNO. The molecule has 1 rings (SSSR count). The number of benzene rings is 1. The second-order valence-electron chi connectivity index (χ2n) is 3.25. The Morgan fingerprint density at radius 2 is 2.13 bits per heavy atom. The first kappa shape index (κ1) is 11.8. The summed E-state index contributed by atoms with van der Waals surface area (Å²) in [7, 11) is 0. The predicted octanol–water partition coefficient (Wildman–Crippen LogP) is 3.09. The molecule has 0 saturated carbocycles. The molecule has 2 nitrogen and oxygen atoms in total. The Labute approximate surface area is 94.9 Å². The highest BCUT2D eigenvalue weighted by atomic mass is 35.5. The summed E-state index contributed by atoms with van der Waals surface area (Å²) in [5.41, 5.74) is 0.928. The Bertz CT molecular complexity index is 374. The van der Waals surface area contributed by atoms with Gasteiger partial charge in [-0.2, -0.15) is 0 Å². The Hall–Kier alpha value is -1.28. The molecule has 1 atom stereocenters. The second-order valence-corrected chi connectivity index (χ2v) is 3.66. The van der Waals surface area contributed by atoms with E-state index in [-0.39, 0.29) is 11.9 Å². The van der Waals surface area contributed by atoms with Gasteiger partial charge >= 0.3 is 0 Å². The van der Waals surface area contributed by atoms with Crippen LogP contribution in [0, 0.1) is 0 Å². The summed E-state index contributed by atoms with van der Waals surface area (Å²) in [6.07, 6.45) is 3.20. The minimum atomic E-state index is -0.107. The molecule has 0 aliphatic heterocycles. The molecule has 3 heteroatoms. The van der Waals surface area contributed by atoms with Crippen molar-refractivity contribution in [3.63, 3.8) is 0 Å². The molecule has 0 radical (unpaired) electrons. The summed E-state index contributed by atoms with van der Waals surface area (Å²) in [5, 5.41) is 3.50. The first-order valence-electron chi connectivity index (χ1n) is 4.82. The van der Waals surface area contributed by atoms with Gasteiger partial charge in [-0.1, -0.05) is 35.9 Å². The largest absolute Gasteiger partial charge is 0.346 e. The molecule has 0 aliphatic rings. The molecule has 0 fully saturated rings. The van der Waals surface area contributed by atoms with Gasteiger partial charge < -0.3 is 5.32 Å². The topological polar surface area (TPSA) is 29.1 Å². The van der Waals surface area contributed by atoms with Crippen LogP contribution >= 0.6 is 11.6 Å². The maximum absolute atomic E-state index is 11.3. The molecule has 80 valence electrons. The third-order valence-corrected chi connectivity index (χ3v) is 2.39. The average molecular weight is 224 g/mol. The highest BCUT2D eigenvalue weighted by Crippen LogP contribution is 2.21. The molecule has 1 aromatic carbocycles. The highest BCUT2D eigenvalue weighted by Gasteiger charge is 2.09. The van der Waals surface area contributed by atoms with Crippen molar-refractivity contribution in [3.8, 4) is 0 Å². The van der Waals surface area contributed by atoms with Crippen LogP contribution in [0.4, 0.5) is 0 Å². The van der Waals surface area contributed by atoms with Gasteiger partial charge in [0.15, 0.2) is 0 Å². The number of hydrogen-bond acceptors (Lipinski definition) is 1. The molecule has 0 saturated heterocycles. The van der Waals surface area contributed by atoms with Crippen molar-refractivity contribution in [1.29, 1.82) is 0 Å². The van der Waals surface area contributed by atoms with Crippen LogP contribution in [0.1, 0.15) is 25.5 Å². The molecule has 15 heavy (non-hydrogen) atoms. The maximum Gasteiger partial charge on any atom is 0.244 e. The van der Waals surface area contributed by atoms with Crippen LogP contribution in [-0.4, -0.2) is 5.91 Å². The standard InChI is InChI=1S/C12H14ClNO/c1-3-6-12(15)14-9(2)10-7-4-5-8-11(10)13/h3-9H,1-2H3,(H,14,15)/b6-3+/t9-/m0/s1. The Morgan fingerprint density at radius 3 is 2.73 bits per heavy atom. The van der Waals surface area contributed by atoms with Gasteiger partial charge in [0.05, 0.1) is 6.04 Å². The normalized spacial score (nSPS) is 12.7. The van der Waals surface area contributed by atoms with Gasteiger partial charge in [0.1, 0.15) is 0 Å². The lowest BCUT2D eigenvalue weighted by molar-refractivity contribution is -0.117. The molecule has 0 spiro atoms. The molecule has 1 N–H and O–H groups in total. The lowest BCUT2D eigenvalue weighted by Crippen LogP contribution is -2.24. The van der Waals surface area contributed by atoms with Crippen LogP contribution in [0.5, 0.6) is 0 Å². The van der Waals surface area contributed by atoms with E-state index in [0.29, 0.717) is 5.02 Å². The fourth-order valence-corrected chi connectivity index (χ4v) is 1.62. The Kier molecular flexibility index (Phi) is 4.37. The van der Waals surface area contributed by atoms with E-state index in [9.17, 15) is 4.79 Å². The van der Waals surface area contributed by atoms with E-state index in [1.54, 1.807) is 13.0 Å². The molecule has 1 aromatic rings. The number of carbonyl (C=O) groups excluding carboxylic acids is 1. The molecule has 0 unspecified atom stereocenters. The third-order valence-electron chi connectivity index (χ3n) is 2.05. The zero-order valence-corrected chi connectivity index (χ0v) is 9.58. The van der Waals surface area contributed by atoms with Gasteiger partial charge in [-0.3, -0.25) is 4.79 Å². The van der Waals surface area contributed by atoms with E-state index in [2.05, 4.69) is 5.32 Å². The SMILES string of the molecule is C/C=C/C(=O)N[C@@H](C)c1ccccc1Cl. The highest BCUT2D eigenvalue weighted by molar-refractivity contribution is 6.31. The molecule has 0 aliphatic carbocycles. The number of carbonyl (C=O) groups is 1. The molecule has 0 heterocycles. The quantitative estimate of drug-likeness (QED) is 0.784. The van der Waals surface area contributed by atoms with Gasteiger partial charge in [-0.15, -0.1) is 0 Å². The lowest BCUT2D eigenvalue weighted by atomic mass is 10.1. The monoisotopic (exact) mass is 223 g/mol. The fraction of sp³-hybridized carbons (Fsp3) is 0.250. The van der Waals surface area contributed by atoms with Crippen LogP contribution in [0.15, 0.2) is 36.4 Å². The summed E-state index contributed by atoms with van der Waals surface area (Å²) < 4.78 is 0. The number of nitrogens with one attached hydrogen (secondary N) is 1. The smallest absolute Gasteiger partial charge is 0.244 e. The summed E-state index contributed by atoms with van der Waals surface area (Å²) in [5.74, 6) is -0.107. The first-order chi connectivity index (χ1) is 7.15. The van der Waals surface area contributed by atoms with E-state index in [1.165, 1.54) is 6.08 Å². The van der Waals surface area contributed by atoms with Gasteiger partial charge in [-0.05, 0) is 31.6 Å². The Balaban J connectivity index is 2.73. The van der Waals surface area contributed by atoms with E-state index in [0.717, 1.165) is 5.56 Å². The maximum atomic E-state index is 11.3. The van der Waals surface area contributed by atoms with Crippen LogP contribution in [0.25, 0.3) is 0 Å². The number of halogens is 1. The zero-order valence-electron chi connectivity index (χ0n) is 8.83. The zero-order chi connectivity index (χ0) is 11.3. The van der Waals surface area contributed by atoms with Crippen LogP contribution in [-0.2, 0) is 4.79 Å². The third kappa shape index (κ3) is 3.40. The number of hydrogen-bond donors (Lipinski definition) is 1. The van der Waals surface area contributed by atoms with Gasteiger partial charge in [-0.25, -0.2) is 0 Å². The summed E-state index contributed by atoms with van der Waals surface area (Å²) in [4.78, 5) is 11.3.